The first-order valence-corrected chi connectivity index (χ1v) is 7.09. The average molecular weight is 321 g/mol. The number of aliphatic hydroxyl groups is 2. The molecule has 2 atom stereocenters. The number of hydrogen-bond acceptors (Lipinski definition) is 2. The Labute approximate surface area is 121 Å². The molecule has 2 aromatic rings. The molecule has 0 aliphatic heterocycles. The van der Waals surface area contributed by atoms with Gasteiger partial charge in [0.25, 0.3) is 0 Å². The van der Waals surface area contributed by atoms with Crippen molar-refractivity contribution < 1.29 is 10.2 Å². The molecule has 0 heterocycles. The Morgan fingerprint density at radius 1 is 0.947 bits per heavy atom. The van der Waals surface area contributed by atoms with E-state index in [0.29, 0.717) is 6.42 Å². The van der Waals surface area contributed by atoms with Crippen molar-refractivity contribution in [3.8, 4) is 0 Å². The highest BCUT2D eigenvalue weighted by atomic mass is 79.9. The lowest BCUT2D eigenvalue weighted by molar-refractivity contribution is 0.0664. The summed E-state index contributed by atoms with van der Waals surface area (Å²) in [5, 5.41) is 20.0. The van der Waals surface area contributed by atoms with Gasteiger partial charge in [0.15, 0.2) is 0 Å². The molecule has 2 unspecified atom stereocenters. The predicted octanol–water partition coefficient (Wildman–Crippen LogP) is 3.33. The van der Waals surface area contributed by atoms with Crippen LogP contribution in [0.4, 0.5) is 0 Å². The molecule has 2 N–H and O–H groups in total. The molecule has 0 saturated heterocycles. The maximum absolute atomic E-state index is 10.4. The third kappa shape index (κ3) is 3.66. The van der Waals surface area contributed by atoms with Crippen LogP contribution in [0.3, 0.4) is 0 Å². The van der Waals surface area contributed by atoms with Gasteiger partial charge in [-0.05, 0) is 23.6 Å². The van der Waals surface area contributed by atoms with Crippen LogP contribution in [0, 0.1) is 5.92 Å². The Morgan fingerprint density at radius 3 is 2.21 bits per heavy atom. The summed E-state index contributed by atoms with van der Waals surface area (Å²) in [6.45, 7) is -0.0443. The number of rotatable bonds is 5. The van der Waals surface area contributed by atoms with Crippen molar-refractivity contribution in [2.45, 2.75) is 12.5 Å². The standard InChI is InChI=1S/C16H17BrO2/c17-15-9-5-4-8-14(15)16(19)13(11-18)10-12-6-2-1-3-7-12/h1-9,13,16,18-19H,10-11H2. The Bertz CT molecular complexity index is 513. The second-order valence-corrected chi connectivity index (χ2v) is 5.45. The van der Waals surface area contributed by atoms with E-state index in [1.54, 1.807) is 0 Å². The summed E-state index contributed by atoms with van der Waals surface area (Å²) in [5.41, 5.74) is 1.94. The Balaban J connectivity index is 2.16. The molecule has 0 aromatic heterocycles. The van der Waals surface area contributed by atoms with Crippen LogP contribution in [0.2, 0.25) is 0 Å². The molecule has 0 radical (unpaired) electrons. The minimum absolute atomic E-state index is 0.0443. The van der Waals surface area contributed by atoms with Crippen LogP contribution >= 0.6 is 15.9 Å². The summed E-state index contributed by atoms with van der Waals surface area (Å²) in [5.74, 6) is -0.207. The van der Waals surface area contributed by atoms with Gasteiger partial charge in [0, 0.05) is 17.0 Å². The van der Waals surface area contributed by atoms with E-state index in [1.807, 2.05) is 54.6 Å². The molecule has 0 saturated carbocycles. The Hall–Kier alpha value is -1.16. The van der Waals surface area contributed by atoms with Gasteiger partial charge >= 0.3 is 0 Å². The molecule has 0 aliphatic rings. The van der Waals surface area contributed by atoms with Crippen LogP contribution in [0.5, 0.6) is 0 Å². The van der Waals surface area contributed by atoms with Gasteiger partial charge in [-0.2, -0.15) is 0 Å². The minimum atomic E-state index is -0.680. The van der Waals surface area contributed by atoms with E-state index in [2.05, 4.69) is 15.9 Å². The Kier molecular flexibility index (Phi) is 5.14. The molecule has 2 rings (SSSR count). The van der Waals surface area contributed by atoms with E-state index in [-0.39, 0.29) is 12.5 Å². The lowest BCUT2D eigenvalue weighted by atomic mass is 9.90. The van der Waals surface area contributed by atoms with Crippen LogP contribution in [-0.4, -0.2) is 16.8 Å². The van der Waals surface area contributed by atoms with Crippen LogP contribution < -0.4 is 0 Å². The van der Waals surface area contributed by atoms with Crippen molar-refractivity contribution in [2.75, 3.05) is 6.61 Å². The van der Waals surface area contributed by atoms with Gasteiger partial charge in [0.2, 0.25) is 0 Å². The maximum Gasteiger partial charge on any atom is 0.0854 e. The first-order chi connectivity index (χ1) is 9.22. The van der Waals surface area contributed by atoms with Crippen LogP contribution in [0.1, 0.15) is 17.2 Å². The van der Waals surface area contributed by atoms with E-state index in [9.17, 15) is 10.2 Å². The molecular formula is C16H17BrO2. The average Bonchev–Trinajstić information content (AvgIpc) is 2.46. The second-order valence-electron chi connectivity index (χ2n) is 4.60. The van der Waals surface area contributed by atoms with Gasteiger partial charge in [0.05, 0.1) is 6.10 Å². The van der Waals surface area contributed by atoms with E-state index in [0.717, 1.165) is 15.6 Å². The topological polar surface area (TPSA) is 40.5 Å². The smallest absolute Gasteiger partial charge is 0.0854 e. The monoisotopic (exact) mass is 320 g/mol. The highest BCUT2D eigenvalue weighted by Crippen LogP contribution is 2.30. The summed E-state index contributed by atoms with van der Waals surface area (Å²) < 4.78 is 0.869. The van der Waals surface area contributed by atoms with Gasteiger partial charge in [-0.25, -0.2) is 0 Å². The van der Waals surface area contributed by atoms with Gasteiger partial charge in [0.1, 0.15) is 0 Å². The molecule has 0 fully saturated rings. The molecule has 100 valence electrons. The van der Waals surface area contributed by atoms with Crippen LogP contribution in [0.25, 0.3) is 0 Å². The summed E-state index contributed by atoms with van der Waals surface area (Å²) in [4.78, 5) is 0. The van der Waals surface area contributed by atoms with Crippen molar-refractivity contribution in [3.05, 3.63) is 70.2 Å². The molecule has 2 nitrogen and oxygen atoms in total. The van der Waals surface area contributed by atoms with Crippen LogP contribution in [-0.2, 0) is 6.42 Å². The molecule has 0 bridgehead atoms. The quantitative estimate of drug-likeness (QED) is 0.887. The normalized spacial score (nSPS) is 14.1. The molecule has 0 spiro atoms. The summed E-state index contributed by atoms with van der Waals surface area (Å²) in [7, 11) is 0. The van der Waals surface area contributed by atoms with Crippen molar-refractivity contribution in [2.24, 2.45) is 5.92 Å². The maximum atomic E-state index is 10.4. The zero-order valence-corrected chi connectivity index (χ0v) is 12.1. The number of halogens is 1. The molecule has 19 heavy (non-hydrogen) atoms. The Morgan fingerprint density at radius 2 is 1.58 bits per heavy atom. The van der Waals surface area contributed by atoms with E-state index in [4.69, 9.17) is 0 Å². The molecule has 0 amide bonds. The third-order valence-corrected chi connectivity index (χ3v) is 3.97. The molecule has 3 heteroatoms. The zero-order chi connectivity index (χ0) is 13.7. The van der Waals surface area contributed by atoms with Gasteiger partial charge in [-0.1, -0.05) is 64.5 Å². The molecular weight excluding hydrogens is 304 g/mol. The first kappa shape index (κ1) is 14.3. The molecule has 0 aliphatic carbocycles. The van der Waals surface area contributed by atoms with Crippen molar-refractivity contribution in [1.82, 2.24) is 0 Å². The zero-order valence-electron chi connectivity index (χ0n) is 10.5. The van der Waals surface area contributed by atoms with Crippen molar-refractivity contribution >= 4 is 15.9 Å². The summed E-state index contributed by atoms with van der Waals surface area (Å²) >= 11 is 3.44. The fourth-order valence-corrected chi connectivity index (χ4v) is 2.68. The number of aliphatic hydroxyl groups excluding tert-OH is 2. The van der Waals surface area contributed by atoms with Gasteiger partial charge < -0.3 is 10.2 Å². The molecule has 2 aromatic carbocycles. The van der Waals surface area contributed by atoms with E-state index in [1.165, 1.54) is 0 Å². The highest BCUT2D eigenvalue weighted by molar-refractivity contribution is 9.10. The van der Waals surface area contributed by atoms with E-state index >= 15 is 0 Å². The number of hydrogen-bond donors (Lipinski definition) is 2. The third-order valence-electron chi connectivity index (χ3n) is 3.25. The fourth-order valence-electron chi connectivity index (χ4n) is 2.16. The minimum Gasteiger partial charge on any atom is -0.396 e. The number of benzene rings is 2. The van der Waals surface area contributed by atoms with E-state index < -0.39 is 6.10 Å². The van der Waals surface area contributed by atoms with Gasteiger partial charge in [-0.15, -0.1) is 0 Å². The lowest BCUT2D eigenvalue weighted by Gasteiger charge is -2.22. The van der Waals surface area contributed by atoms with Crippen molar-refractivity contribution in [1.29, 1.82) is 0 Å². The highest BCUT2D eigenvalue weighted by Gasteiger charge is 2.22. The lowest BCUT2D eigenvalue weighted by Crippen LogP contribution is -2.19. The summed E-state index contributed by atoms with van der Waals surface area (Å²) in [6, 6.07) is 17.5. The fraction of sp³-hybridized carbons (Fsp3) is 0.250. The van der Waals surface area contributed by atoms with Gasteiger partial charge in [-0.3, -0.25) is 0 Å². The SMILES string of the molecule is OCC(Cc1ccccc1)C(O)c1ccccc1Br. The second kappa shape index (κ2) is 6.85. The predicted molar refractivity (Wildman–Crippen MR) is 79.8 cm³/mol. The summed E-state index contributed by atoms with van der Waals surface area (Å²) in [6.07, 6.45) is -0.0272. The largest absolute Gasteiger partial charge is 0.396 e. The first-order valence-electron chi connectivity index (χ1n) is 6.29. The van der Waals surface area contributed by atoms with Crippen LogP contribution in [0.15, 0.2) is 59.1 Å². The van der Waals surface area contributed by atoms with Crippen molar-refractivity contribution in [3.63, 3.8) is 0 Å².